The highest BCUT2D eigenvalue weighted by molar-refractivity contribution is 5.21. The fraction of sp³-hybridized carbons (Fsp3) is 0.692. The van der Waals surface area contributed by atoms with Gasteiger partial charge in [-0.2, -0.15) is 9.97 Å². The van der Waals surface area contributed by atoms with Crippen molar-refractivity contribution >= 4 is 0 Å². The molecule has 2 unspecified atom stereocenters. The molecule has 5 heteroatoms. The van der Waals surface area contributed by atoms with Gasteiger partial charge in [0.25, 0.3) is 0 Å². The Morgan fingerprint density at radius 2 is 2.17 bits per heavy atom. The molecule has 1 N–H and O–H groups in total. The lowest BCUT2D eigenvalue weighted by Gasteiger charge is -2.29. The van der Waals surface area contributed by atoms with Crippen molar-refractivity contribution in [2.24, 2.45) is 5.92 Å². The second-order valence-corrected chi connectivity index (χ2v) is 4.65. The van der Waals surface area contributed by atoms with Gasteiger partial charge in [-0.15, -0.1) is 0 Å². The number of nitrogens with zero attached hydrogens (tertiary/aromatic N) is 2. The average Bonchev–Trinajstić information content (AvgIpc) is 2.32. The van der Waals surface area contributed by atoms with Gasteiger partial charge in [-0.3, -0.25) is 0 Å². The maximum atomic E-state index is 5.94. The molecular formula is C13H21N3O2. The van der Waals surface area contributed by atoms with Gasteiger partial charge < -0.3 is 14.8 Å². The molecule has 100 valence electrons. The summed E-state index contributed by atoms with van der Waals surface area (Å²) in [5.41, 5.74) is 0. The summed E-state index contributed by atoms with van der Waals surface area (Å²) >= 11 is 0. The molecule has 1 aromatic rings. The smallest absolute Gasteiger partial charge is 0.220 e. The summed E-state index contributed by atoms with van der Waals surface area (Å²) in [6.07, 6.45) is 1.30. The first-order chi connectivity index (χ1) is 8.69. The van der Waals surface area contributed by atoms with Gasteiger partial charge in [-0.1, -0.05) is 6.92 Å². The highest BCUT2D eigenvalue weighted by Crippen LogP contribution is 2.21. The van der Waals surface area contributed by atoms with Crippen molar-refractivity contribution in [3.63, 3.8) is 0 Å². The van der Waals surface area contributed by atoms with E-state index in [1.807, 2.05) is 13.8 Å². The fourth-order valence-electron chi connectivity index (χ4n) is 2.07. The van der Waals surface area contributed by atoms with Crippen molar-refractivity contribution in [3.05, 3.63) is 11.9 Å². The number of ether oxygens (including phenoxy) is 2. The summed E-state index contributed by atoms with van der Waals surface area (Å²) in [5.74, 6) is 2.40. The van der Waals surface area contributed by atoms with Crippen LogP contribution in [0.2, 0.25) is 0 Å². The van der Waals surface area contributed by atoms with E-state index in [1.54, 1.807) is 6.07 Å². The summed E-state index contributed by atoms with van der Waals surface area (Å²) in [6.45, 7) is 8.52. The number of piperidine rings is 1. The third-order valence-corrected chi connectivity index (χ3v) is 3.11. The Balaban J connectivity index is 2.07. The van der Waals surface area contributed by atoms with Crippen LogP contribution in [-0.2, 0) is 0 Å². The van der Waals surface area contributed by atoms with Gasteiger partial charge in [0.05, 0.1) is 12.7 Å². The Hall–Kier alpha value is -1.36. The molecule has 2 heterocycles. The minimum atomic E-state index is 0.169. The number of hydrogen-bond donors (Lipinski definition) is 1. The van der Waals surface area contributed by atoms with Crippen LogP contribution in [0.5, 0.6) is 11.8 Å². The molecule has 0 aromatic carbocycles. The SMILES string of the molecule is CCOc1cc(OC2CNCCC2C)nc(C)n1. The Morgan fingerprint density at radius 1 is 1.39 bits per heavy atom. The average molecular weight is 251 g/mol. The molecule has 0 amide bonds. The van der Waals surface area contributed by atoms with Gasteiger partial charge in [0.1, 0.15) is 11.9 Å². The van der Waals surface area contributed by atoms with E-state index in [2.05, 4.69) is 22.2 Å². The molecule has 0 bridgehead atoms. The van der Waals surface area contributed by atoms with E-state index in [0.717, 1.165) is 19.5 Å². The molecule has 0 aliphatic carbocycles. The van der Waals surface area contributed by atoms with Gasteiger partial charge >= 0.3 is 0 Å². The quantitative estimate of drug-likeness (QED) is 0.880. The topological polar surface area (TPSA) is 56.3 Å². The molecule has 5 nitrogen and oxygen atoms in total. The van der Waals surface area contributed by atoms with Crippen molar-refractivity contribution in [2.75, 3.05) is 19.7 Å². The van der Waals surface area contributed by atoms with E-state index in [1.165, 1.54) is 0 Å². The molecule has 1 aliphatic rings. The molecular weight excluding hydrogens is 230 g/mol. The van der Waals surface area contributed by atoms with E-state index in [4.69, 9.17) is 9.47 Å². The fourth-order valence-corrected chi connectivity index (χ4v) is 2.07. The molecule has 2 atom stereocenters. The second-order valence-electron chi connectivity index (χ2n) is 4.65. The van der Waals surface area contributed by atoms with E-state index in [9.17, 15) is 0 Å². The molecule has 0 saturated carbocycles. The lowest BCUT2D eigenvalue weighted by atomic mass is 9.97. The van der Waals surface area contributed by atoms with Crippen molar-refractivity contribution in [2.45, 2.75) is 33.3 Å². The number of hydrogen-bond acceptors (Lipinski definition) is 5. The van der Waals surface area contributed by atoms with Crippen molar-refractivity contribution in [1.29, 1.82) is 0 Å². The van der Waals surface area contributed by atoms with Crippen LogP contribution in [0, 0.1) is 12.8 Å². The van der Waals surface area contributed by atoms with Crippen LogP contribution in [0.1, 0.15) is 26.1 Å². The molecule has 1 aromatic heterocycles. The molecule has 2 rings (SSSR count). The normalized spacial score (nSPS) is 23.7. The Bertz CT molecular complexity index is 398. The molecule has 18 heavy (non-hydrogen) atoms. The first-order valence-corrected chi connectivity index (χ1v) is 6.55. The third kappa shape index (κ3) is 3.32. The van der Waals surface area contributed by atoms with E-state index < -0.39 is 0 Å². The molecule has 1 fully saturated rings. The molecule has 1 aliphatic heterocycles. The molecule has 0 spiro atoms. The van der Waals surface area contributed by atoms with Gasteiger partial charge in [-0.25, -0.2) is 0 Å². The van der Waals surface area contributed by atoms with E-state index in [-0.39, 0.29) is 6.10 Å². The first-order valence-electron chi connectivity index (χ1n) is 6.55. The predicted molar refractivity (Wildman–Crippen MR) is 69.0 cm³/mol. The number of aromatic nitrogens is 2. The van der Waals surface area contributed by atoms with Crippen molar-refractivity contribution < 1.29 is 9.47 Å². The maximum absolute atomic E-state index is 5.94. The summed E-state index contributed by atoms with van der Waals surface area (Å²) in [4.78, 5) is 8.51. The largest absolute Gasteiger partial charge is 0.478 e. The van der Waals surface area contributed by atoms with Crippen LogP contribution in [0.4, 0.5) is 0 Å². The van der Waals surface area contributed by atoms with Crippen LogP contribution in [-0.4, -0.2) is 35.8 Å². The highest BCUT2D eigenvalue weighted by Gasteiger charge is 2.23. The minimum Gasteiger partial charge on any atom is -0.478 e. The second kappa shape index (κ2) is 6.00. The van der Waals surface area contributed by atoms with Crippen LogP contribution >= 0.6 is 0 Å². The van der Waals surface area contributed by atoms with E-state index >= 15 is 0 Å². The lowest BCUT2D eigenvalue weighted by molar-refractivity contribution is 0.109. The van der Waals surface area contributed by atoms with Crippen molar-refractivity contribution in [1.82, 2.24) is 15.3 Å². The van der Waals surface area contributed by atoms with Gasteiger partial charge in [0.15, 0.2) is 0 Å². The Labute approximate surface area is 108 Å². The van der Waals surface area contributed by atoms with E-state index in [0.29, 0.717) is 30.1 Å². The standard InChI is InChI=1S/C13H21N3O2/c1-4-17-12-7-13(16-10(3)15-12)18-11-8-14-6-5-9(11)2/h7,9,11,14H,4-6,8H2,1-3H3. The monoisotopic (exact) mass is 251 g/mol. The van der Waals surface area contributed by atoms with Gasteiger partial charge in [0.2, 0.25) is 11.8 Å². The summed E-state index contributed by atoms with van der Waals surface area (Å²) in [6, 6.07) is 1.76. The Morgan fingerprint density at radius 3 is 2.89 bits per heavy atom. The summed E-state index contributed by atoms with van der Waals surface area (Å²) < 4.78 is 11.3. The summed E-state index contributed by atoms with van der Waals surface area (Å²) in [5, 5.41) is 3.34. The van der Waals surface area contributed by atoms with Crippen LogP contribution in [0.3, 0.4) is 0 Å². The van der Waals surface area contributed by atoms with Crippen LogP contribution in [0.15, 0.2) is 6.07 Å². The molecule has 1 saturated heterocycles. The highest BCUT2D eigenvalue weighted by atomic mass is 16.5. The minimum absolute atomic E-state index is 0.169. The Kier molecular flexibility index (Phi) is 4.36. The number of aryl methyl sites for hydroxylation is 1. The number of rotatable bonds is 4. The zero-order valence-electron chi connectivity index (χ0n) is 11.3. The zero-order valence-corrected chi connectivity index (χ0v) is 11.3. The van der Waals surface area contributed by atoms with Gasteiger partial charge in [-0.05, 0) is 32.7 Å². The summed E-state index contributed by atoms with van der Waals surface area (Å²) in [7, 11) is 0. The predicted octanol–water partition coefficient (Wildman–Crippen LogP) is 1.56. The van der Waals surface area contributed by atoms with Crippen LogP contribution < -0.4 is 14.8 Å². The van der Waals surface area contributed by atoms with Crippen molar-refractivity contribution in [3.8, 4) is 11.8 Å². The number of nitrogens with one attached hydrogen (secondary N) is 1. The third-order valence-electron chi connectivity index (χ3n) is 3.11. The first kappa shape index (κ1) is 13.1. The van der Waals surface area contributed by atoms with Gasteiger partial charge in [0, 0.05) is 6.54 Å². The lowest BCUT2D eigenvalue weighted by Crippen LogP contribution is -2.43. The maximum Gasteiger partial charge on any atom is 0.220 e. The zero-order chi connectivity index (χ0) is 13.0. The van der Waals surface area contributed by atoms with Crippen LogP contribution in [0.25, 0.3) is 0 Å². The molecule has 0 radical (unpaired) electrons.